The molecule has 0 spiro atoms. The number of nitrogens with one attached hydrogen (secondary N) is 2. The second kappa shape index (κ2) is 12.6. The van der Waals surface area contributed by atoms with E-state index in [4.69, 9.17) is 25.8 Å². The summed E-state index contributed by atoms with van der Waals surface area (Å²) in [7, 11) is 1.51. The van der Waals surface area contributed by atoms with Crippen LogP contribution in [0.4, 0.5) is 0 Å². The molecular weight excluding hydrogens is 516 g/mol. The summed E-state index contributed by atoms with van der Waals surface area (Å²) in [5.74, 6) is 1.50. The summed E-state index contributed by atoms with van der Waals surface area (Å²) in [5, 5.41) is 6.24. The van der Waals surface area contributed by atoms with Crippen molar-refractivity contribution in [1.82, 2.24) is 20.6 Å². The van der Waals surface area contributed by atoms with E-state index < -0.39 is 0 Å². The zero-order chi connectivity index (χ0) is 26.2. The molecule has 0 aliphatic heterocycles. The Morgan fingerprint density at radius 3 is 2.81 bits per heavy atom. The van der Waals surface area contributed by atoms with Gasteiger partial charge in [0, 0.05) is 43.2 Å². The van der Waals surface area contributed by atoms with E-state index in [0.29, 0.717) is 34.1 Å². The minimum absolute atomic E-state index is 0.180. The van der Waals surface area contributed by atoms with Crippen molar-refractivity contribution >= 4 is 40.8 Å². The molecule has 1 fully saturated rings. The first-order valence-corrected chi connectivity index (χ1v) is 12.9. The molecule has 1 aromatic carbocycles. The van der Waals surface area contributed by atoms with Gasteiger partial charge in [0.05, 0.1) is 16.5 Å². The van der Waals surface area contributed by atoms with Crippen LogP contribution in [0.3, 0.4) is 0 Å². The van der Waals surface area contributed by atoms with Gasteiger partial charge >= 0.3 is 0 Å². The molecule has 1 aliphatic carbocycles. The van der Waals surface area contributed by atoms with Crippen LogP contribution in [0.25, 0.3) is 6.08 Å². The normalized spacial score (nSPS) is 13.7. The van der Waals surface area contributed by atoms with Crippen molar-refractivity contribution < 1.29 is 23.8 Å². The predicted molar refractivity (Wildman–Crippen MR) is 142 cm³/mol. The van der Waals surface area contributed by atoms with Crippen molar-refractivity contribution in [2.75, 3.05) is 20.3 Å². The topological polar surface area (TPSA) is 112 Å². The van der Waals surface area contributed by atoms with E-state index >= 15 is 0 Å². The number of hydrogen-bond donors (Lipinski definition) is 2. The maximum atomic E-state index is 12.6. The van der Waals surface area contributed by atoms with Crippen LogP contribution in [0.5, 0.6) is 22.6 Å². The average Bonchev–Trinajstić information content (AvgIpc) is 3.63. The minimum Gasteiger partial charge on any atom is -0.493 e. The fourth-order valence-electron chi connectivity index (χ4n) is 3.06. The molecular formula is C26H27ClN4O5S. The molecule has 2 N–H and O–H groups in total. The largest absolute Gasteiger partial charge is 0.493 e. The van der Waals surface area contributed by atoms with Gasteiger partial charge in [-0.05, 0) is 50.0 Å². The van der Waals surface area contributed by atoms with Gasteiger partial charge < -0.3 is 24.8 Å². The highest BCUT2D eigenvalue weighted by atomic mass is 35.5. The quantitative estimate of drug-likeness (QED) is 0.340. The number of halogens is 1. The fraction of sp³-hybridized carbons (Fsp3) is 0.308. The standard InChI is InChI=1S/C26H27ClN4O5S/c1-16(31-25(33)18-9-10-29-24(11-18)35-15-23(32)28-2)3-7-20-13-30-26(37-20)36-22-8-6-19(12-21(22)27)34-14-17-4-5-17/h3,6-13,16-17H,4-5,14-15H2,1-2H3,(H,28,32)(H,31,33)/b7-3+/t16-/m0/s1. The van der Waals surface area contributed by atoms with Crippen LogP contribution in [-0.4, -0.2) is 48.1 Å². The molecule has 37 heavy (non-hydrogen) atoms. The number of pyridine rings is 1. The van der Waals surface area contributed by atoms with Crippen molar-refractivity contribution in [3.8, 4) is 22.6 Å². The third-order valence-electron chi connectivity index (χ3n) is 5.32. The molecule has 2 aromatic heterocycles. The lowest BCUT2D eigenvalue weighted by molar-refractivity contribution is -0.122. The maximum absolute atomic E-state index is 12.6. The summed E-state index contributed by atoms with van der Waals surface area (Å²) in [6.45, 7) is 2.39. The Morgan fingerprint density at radius 1 is 1.22 bits per heavy atom. The zero-order valence-electron chi connectivity index (χ0n) is 20.4. The average molecular weight is 543 g/mol. The highest BCUT2D eigenvalue weighted by molar-refractivity contribution is 7.14. The van der Waals surface area contributed by atoms with Gasteiger partial charge in [0.15, 0.2) is 6.61 Å². The summed E-state index contributed by atoms with van der Waals surface area (Å²) in [5.41, 5.74) is 0.372. The van der Waals surface area contributed by atoms with E-state index in [9.17, 15) is 9.59 Å². The lowest BCUT2D eigenvalue weighted by atomic mass is 10.2. The van der Waals surface area contributed by atoms with Crippen LogP contribution >= 0.6 is 22.9 Å². The van der Waals surface area contributed by atoms with E-state index in [1.165, 1.54) is 43.5 Å². The van der Waals surface area contributed by atoms with Crippen molar-refractivity contribution in [2.24, 2.45) is 5.92 Å². The molecule has 1 atom stereocenters. The smallest absolute Gasteiger partial charge is 0.279 e. The number of rotatable bonds is 12. The van der Waals surface area contributed by atoms with Gasteiger partial charge in [0.25, 0.3) is 17.0 Å². The molecule has 11 heteroatoms. The Bertz CT molecular complexity index is 1280. The number of hydrogen-bond acceptors (Lipinski definition) is 8. The molecule has 0 bridgehead atoms. The van der Waals surface area contributed by atoms with Gasteiger partial charge in [-0.2, -0.15) is 0 Å². The van der Waals surface area contributed by atoms with Crippen LogP contribution in [-0.2, 0) is 4.79 Å². The first-order chi connectivity index (χ1) is 17.9. The van der Waals surface area contributed by atoms with Crippen molar-refractivity contribution in [3.63, 3.8) is 0 Å². The summed E-state index contributed by atoms with van der Waals surface area (Å²) in [6.07, 6.45) is 9.29. The van der Waals surface area contributed by atoms with Gasteiger partial charge in [0.1, 0.15) is 11.5 Å². The van der Waals surface area contributed by atoms with Crippen LogP contribution < -0.4 is 24.8 Å². The Balaban J connectivity index is 1.28. The first kappa shape index (κ1) is 26.4. The van der Waals surface area contributed by atoms with Crippen LogP contribution in [0.1, 0.15) is 35.0 Å². The van der Waals surface area contributed by atoms with Gasteiger partial charge in [-0.25, -0.2) is 9.97 Å². The predicted octanol–water partition coefficient (Wildman–Crippen LogP) is 4.73. The number of ether oxygens (including phenoxy) is 3. The Morgan fingerprint density at radius 2 is 2.05 bits per heavy atom. The third kappa shape index (κ3) is 8.19. The van der Waals surface area contributed by atoms with Gasteiger partial charge in [0.2, 0.25) is 5.88 Å². The van der Waals surface area contributed by atoms with E-state index in [1.54, 1.807) is 24.4 Å². The highest BCUT2D eigenvalue weighted by Crippen LogP contribution is 2.35. The van der Waals surface area contributed by atoms with Crippen LogP contribution in [0.2, 0.25) is 5.02 Å². The summed E-state index contributed by atoms with van der Waals surface area (Å²) < 4.78 is 16.9. The molecule has 2 amide bonds. The van der Waals surface area contributed by atoms with Gasteiger partial charge in [-0.1, -0.05) is 29.0 Å². The lowest BCUT2D eigenvalue weighted by Crippen LogP contribution is -2.31. The Labute approximate surface area is 223 Å². The second-order valence-corrected chi connectivity index (χ2v) is 9.88. The highest BCUT2D eigenvalue weighted by Gasteiger charge is 2.22. The molecule has 3 aromatic rings. The Hall–Kier alpha value is -3.63. The molecule has 194 valence electrons. The van der Waals surface area contributed by atoms with Crippen LogP contribution in [0, 0.1) is 5.92 Å². The number of likely N-dealkylation sites (N-methyl/N-ethyl adjacent to an activating group) is 1. The molecule has 0 unspecified atom stereocenters. The molecule has 2 heterocycles. The minimum atomic E-state index is -0.295. The SMILES string of the molecule is CNC(=O)COc1cc(C(=O)N[C@@H](C)/C=C/c2cnc(Oc3ccc(OCC4CC4)cc3Cl)s2)ccn1. The molecule has 0 saturated heterocycles. The van der Waals surface area contributed by atoms with Gasteiger partial charge in [-0.3, -0.25) is 9.59 Å². The third-order valence-corrected chi connectivity index (χ3v) is 6.46. The first-order valence-electron chi connectivity index (χ1n) is 11.7. The number of amides is 2. The molecule has 4 rings (SSSR count). The van der Waals surface area contributed by atoms with Crippen molar-refractivity contribution in [3.05, 3.63) is 64.3 Å². The summed E-state index contributed by atoms with van der Waals surface area (Å²) in [4.78, 5) is 33.1. The number of carbonyl (C=O) groups excluding carboxylic acids is 2. The second-order valence-electron chi connectivity index (χ2n) is 8.44. The number of thiazole rings is 1. The van der Waals surface area contributed by atoms with E-state index in [1.807, 2.05) is 25.1 Å². The van der Waals surface area contributed by atoms with E-state index in [-0.39, 0.29) is 30.3 Å². The fourth-order valence-corrected chi connectivity index (χ4v) is 3.96. The van der Waals surface area contributed by atoms with E-state index in [0.717, 1.165) is 10.6 Å². The Kier molecular flexibility index (Phi) is 8.97. The summed E-state index contributed by atoms with van der Waals surface area (Å²) >= 11 is 7.71. The molecule has 1 saturated carbocycles. The number of benzene rings is 1. The summed E-state index contributed by atoms with van der Waals surface area (Å²) in [6, 6.07) is 8.15. The molecule has 0 radical (unpaired) electrons. The lowest BCUT2D eigenvalue weighted by Gasteiger charge is -2.10. The van der Waals surface area contributed by atoms with Crippen molar-refractivity contribution in [2.45, 2.75) is 25.8 Å². The van der Waals surface area contributed by atoms with Gasteiger partial charge in [-0.15, -0.1) is 0 Å². The van der Waals surface area contributed by atoms with Crippen LogP contribution in [0.15, 0.2) is 48.8 Å². The molecule has 1 aliphatic rings. The zero-order valence-corrected chi connectivity index (χ0v) is 22.0. The monoisotopic (exact) mass is 542 g/mol. The number of nitrogens with zero attached hydrogens (tertiary/aromatic N) is 2. The van der Waals surface area contributed by atoms with E-state index in [2.05, 4.69) is 20.6 Å². The maximum Gasteiger partial charge on any atom is 0.279 e. The molecule has 9 nitrogen and oxygen atoms in total. The van der Waals surface area contributed by atoms with Crippen molar-refractivity contribution in [1.29, 1.82) is 0 Å². The number of aromatic nitrogens is 2. The number of carbonyl (C=O) groups is 2.